The summed E-state index contributed by atoms with van der Waals surface area (Å²) in [5.74, 6) is 0.932. The lowest BCUT2D eigenvalue weighted by Gasteiger charge is -2.16. The van der Waals surface area contributed by atoms with E-state index >= 15 is 0 Å². The molecule has 0 N–H and O–H groups in total. The van der Waals surface area contributed by atoms with E-state index in [1.165, 1.54) is 0 Å². The second-order valence-electron chi connectivity index (χ2n) is 5.08. The molecule has 0 aliphatic carbocycles. The third-order valence-corrected chi connectivity index (χ3v) is 2.23. The largest absolute Gasteiger partial charge is 0.241 e. The van der Waals surface area contributed by atoms with Crippen molar-refractivity contribution in [3.05, 3.63) is 36.3 Å². The normalized spacial score (nSPS) is 11.9. The van der Waals surface area contributed by atoms with Gasteiger partial charge in [-0.15, -0.1) is 0 Å². The molecule has 0 atom stereocenters. The molecule has 0 fully saturated rings. The van der Waals surface area contributed by atoms with Crippen molar-refractivity contribution in [1.82, 2.24) is 9.97 Å². The Balaban J connectivity index is 2.39. The molecule has 0 aliphatic rings. The first-order valence-corrected chi connectivity index (χ1v) is 5.25. The summed E-state index contributed by atoms with van der Waals surface area (Å²) >= 11 is 0. The second kappa shape index (κ2) is 3.61. The average Bonchev–Trinajstić information content (AvgIpc) is 2.15. The van der Waals surface area contributed by atoms with E-state index in [9.17, 15) is 0 Å². The Kier molecular flexibility index (Phi) is 2.43. The van der Waals surface area contributed by atoms with Crippen LogP contribution in [-0.2, 0) is 6.42 Å². The third kappa shape index (κ3) is 2.52. The molecule has 1 aromatic carbocycles. The number of para-hydroxylation sites is 1. The Morgan fingerprint density at radius 3 is 2.60 bits per heavy atom. The topological polar surface area (TPSA) is 25.8 Å². The second-order valence-corrected chi connectivity index (χ2v) is 5.08. The Morgan fingerprint density at radius 1 is 1.13 bits per heavy atom. The fourth-order valence-electron chi connectivity index (χ4n) is 1.57. The minimum atomic E-state index is 0.239. The Morgan fingerprint density at radius 2 is 1.87 bits per heavy atom. The molecule has 15 heavy (non-hydrogen) atoms. The molecule has 0 aliphatic heterocycles. The van der Waals surface area contributed by atoms with E-state index < -0.39 is 0 Å². The number of fused-ring (bicyclic) bond motifs is 1. The monoisotopic (exact) mass is 200 g/mol. The van der Waals surface area contributed by atoms with E-state index in [2.05, 4.69) is 30.7 Å². The quantitative estimate of drug-likeness (QED) is 0.706. The van der Waals surface area contributed by atoms with E-state index in [0.29, 0.717) is 0 Å². The molecule has 2 nitrogen and oxygen atoms in total. The maximum atomic E-state index is 4.55. The van der Waals surface area contributed by atoms with Gasteiger partial charge in [-0.3, -0.25) is 0 Å². The lowest BCUT2D eigenvalue weighted by molar-refractivity contribution is 0.401. The minimum absolute atomic E-state index is 0.239. The zero-order valence-corrected chi connectivity index (χ0v) is 9.49. The van der Waals surface area contributed by atoms with Gasteiger partial charge in [0.25, 0.3) is 0 Å². The minimum Gasteiger partial charge on any atom is -0.241 e. The molecule has 2 rings (SSSR count). The van der Waals surface area contributed by atoms with Crippen molar-refractivity contribution < 1.29 is 0 Å². The number of benzene rings is 1. The van der Waals surface area contributed by atoms with Gasteiger partial charge in [-0.1, -0.05) is 39.0 Å². The van der Waals surface area contributed by atoms with Crippen molar-refractivity contribution >= 4 is 10.9 Å². The van der Waals surface area contributed by atoms with Crippen LogP contribution in [-0.4, -0.2) is 9.97 Å². The fourth-order valence-corrected chi connectivity index (χ4v) is 1.57. The molecular formula is C13H16N2. The Bertz CT molecular complexity index is 469. The maximum absolute atomic E-state index is 4.55. The lowest BCUT2D eigenvalue weighted by atomic mass is 9.92. The number of nitrogens with zero attached hydrogens (tertiary/aromatic N) is 2. The average molecular weight is 200 g/mol. The standard InChI is InChI=1S/C13H16N2/c1-13(2,3)8-12-14-9-10-6-4-5-7-11(10)15-12/h4-7,9H,8H2,1-3H3. The van der Waals surface area contributed by atoms with Gasteiger partial charge in [0.15, 0.2) is 0 Å². The van der Waals surface area contributed by atoms with Crippen LogP contribution in [0.3, 0.4) is 0 Å². The van der Waals surface area contributed by atoms with Gasteiger partial charge in [0, 0.05) is 18.0 Å². The molecular weight excluding hydrogens is 184 g/mol. The van der Waals surface area contributed by atoms with Gasteiger partial charge in [0.2, 0.25) is 0 Å². The van der Waals surface area contributed by atoms with Gasteiger partial charge in [-0.2, -0.15) is 0 Å². The number of aromatic nitrogens is 2. The van der Waals surface area contributed by atoms with Crippen LogP contribution in [0.2, 0.25) is 0 Å². The first kappa shape index (κ1) is 10.1. The van der Waals surface area contributed by atoms with Crippen LogP contribution in [0.15, 0.2) is 30.5 Å². The van der Waals surface area contributed by atoms with Crippen LogP contribution in [0.5, 0.6) is 0 Å². The van der Waals surface area contributed by atoms with Crippen LogP contribution in [0.4, 0.5) is 0 Å². The summed E-state index contributed by atoms with van der Waals surface area (Å²) in [6.07, 6.45) is 2.82. The summed E-state index contributed by atoms with van der Waals surface area (Å²) in [5.41, 5.74) is 1.27. The molecule has 0 bridgehead atoms. The van der Waals surface area contributed by atoms with Gasteiger partial charge in [-0.25, -0.2) is 9.97 Å². The van der Waals surface area contributed by atoms with E-state index in [1.807, 2.05) is 30.5 Å². The Labute approximate surface area is 90.4 Å². The van der Waals surface area contributed by atoms with Gasteiger partial charge in [0.05, 0.1) is 5.52 Å². The van der Waals surface area contributed by atoms with Crippen LogP contribution >= 0.6 is 0 Å². The van der Waals surface area contributed by atoms with Crippen molar-refractivity contribution in [2.24, 2.45) is 5.41 Å². The highest BCUT2D eigenvalue weighted by atomic mass is 14.9. The predicted molar refractivity (Wildman–Crippen MR) is 62.7 cm³/mol. The van der Waals surface area contributed by atoms with E-state index in [1.54, 1.807) is 0 Å². The highest BCUT2D eigenvalue weighted by molar-refractivity contribution is 5.77. The summed E-state index contributed by atoms with van der Waals surface area (Å²) < 4.78 is 0. The summed E-state index contributed by atoms with van der Waals surface area (Å²) in [7, 11) is 0. The SMILES string of the molecule is CC(C)(C)Cc1ncc2ccccc2n1. The molecule has 0 saturated heterocycles. The molecule has 0 amide bonds. The summed E-state index contributed by atoms with van der Waals surface area (Å²) in [6.45, 7) is 6.60. The molecule has 0 unspecified atom stereocenters. The molecule has 2 aromatic rings. The summed E-state index contributed by atoms with van der Waals surface area (Å²) in [5, 5.41) is 1.11. The zero-order chi connectivity index (χ0) is 10.9. The number of hydrogen-bond acceptors (Lipinski definition) is 2. The third-order valence-electron chi connectivity index (χ3n) is 2.23. The first-order valence-electron chi connectivity index (χ1n) is 5.25. The molecule has 0 spiro atoms. The van der Waals surface area contributed by atoms with E-state index in [4.69, 9.17) is 0 Å². The van der Waals surface area contributed by atoms with E-state index in [0.717, 1.165) is 23.1 Å². The maximum Gasteiger partial charge on any atom is 0.129 e. The van der Waals surface area contributed by atoms with Gasteiger partial charge in [-0.05, 0) is 11.5 Å². The first-order chi connectivity index (χ1) is 7.04. The Hall–Kier alpha value is -1.44. The number of hydrogen-bond donors (Lipinski definition) is 0. The zero-order valence-electron chi connectivity index (χ0n) is 9.49. The van der Waals surface area contributed by atoms with Crippen LogP contribution in [0.1, 0.15) is 26.6 Å². The van der Waals surface area contributed by atoms with Crippen LogP contribution in [0.25, 0.3) is 10.9 Å². The molecule has 1 heterocycles. The molecule has 1 aromatic heterocycles. The summed E-state index contributed by atoms with van der Waals surface area (Å²) in [4.78, 5) is 8.93. The molecule has 2 heteroatoms. The smallest absolute Gasteiger partial charge is 0.129 e. The highest BCUT2D eigenvalue weighted by Crippen LogP contribution is 2.19. The highest BCUT2D eigenvalue weighted by Gasteiger charge is 2.13. The van der Waals surface area contributed by atoms with Gasteiger partial charge >= 0.3 is 0 Å². The van der Waals surface area contributed by atoms with Crippen molar-refractivity contribution in [1.29, 1.82) is 0 Å². The molecule has 0 radical (unpaired) electrons. The number of rotatable bonds is 1. The molecule has 0 saturated carbocycles. The van der Waals surface area contributed by atoms with Crippen molar-refractivity contribution in [2.75, 3.05) is 0 Å². The van der Waals surface area contributed by atoms with Crippen LogP contribution in [0, 0.1) is 5.41 Å². The lowest BCUT2D eigenvalue weighted by Crippen LogP contribution is -2.11. The van der Waals surface area contributed by atoms with Crippen molar-refractivity contribution in [3.63, 3.8) is 0 Å². The fraction of sp³-hybridized carbons (Fsp3) is 0.385. The molecule has 78 valence electrons. The van der Waals surface area contributed by atoms with Crippen LogP contribution < -0.4 is 0 Å². The van der Waals surface area contributed by atoms with Gasteiger partial charge in [0.1, 0.15) is 5.82 Å². The predicted octanol–water partition coefficient (Wildman–Crippen LogP) is 3.22. The van der Waals surface area contributed by atoms with Crippen molar-refractivity contribution in [2.45, 2.75) is 27.2 Å². The van der Waals surface area contributed by atoms with Crippen molar-refractivity contribution in [3.8, 4) is 0 Å². The van der Waals surface area contributed by atoms with Gasteiger partial charge < -0.3 is 0 Å². The summed E-state index contributed by atoms with van der Waals surface area (Å²) in [6, 6.07) is 8.09. The van der Waals surface area contributed by atoms with E-state index in [-0.39, 0.29) is 5.41 Å².